The normalized spacial score (nSPS) is 27.4. The summed E-state index contributed by atoms with van der Waals surface area (Å²) in [5.41, 5.74) is 0.449. The summed E-state index contributed by atoms with van der Waals surface area (Å²) >= 11 is 0. The zero-order chi connectivity index (χ0) is 12.4. The molecule has 2 aliphatic rings. The Bertz CT molecular complexity index is 461. The molecule has 1 N–H and O–H groups in total. The van der Waals surface area contributed by atoms with Crippen molar-refractivity contribution in [1.29, 1.82) is 5.26 Å². The van der Waals surface area contributed by atoms with Gasteiger partial charge in [0.2, 0.25) is 5.95 Å². The van der Waals surface area contributed by atoms with Gasteiger partial charge in [-0.15, -0.1) is 0 Å². The van der Waals surface area contributed by atoms with E-state index in [1.54, 1.807) is 12.3 Å². The van der Waals surface area contributed by atoms with Gasteiger partial charge >= 0.3 is 0 Å². The van der Waals surface area contributed by atoms with Crippen molar-refractivity contribution in [2.45, 2.75) is 37.8 Å². The van der Waals surface area contributed by atoms with E-state index >= 15 is 0 Å². The van der Waals surface area contributed by atoms with Crippen molar-refractivity contribution in [2.24, 2.45) is 0 Å². The Morgan fingerprint density at radius 1 is 1.39 bits per heavy atom. The van der Waals surface area contributed by atoms with Crippen molar-refractivity contribution in [2.75, 3.05) is 18.0 Å². The number of hydrogen-bond donors (Lipinski definition) is 1. The molecule has 5 nitrogen and oxygen atoms in total. The van der Waals surface area contributed by atoms with Crippen LogP contribution in [0.3, 0.4) is 0 Å². The summed E-state index contributed by atoms with van der Waals surface area (Å²) in [6, 6.07) is 4.78. The van der Waals surface area contributed by atoms with Gasteiger partial charge in [0.05, 0.1) is 0 Å². The molecule has 2 atom stereocenters. The van der Waals surface area contributed by atoms with E-state index in [9.17, 15) is 0 Å². The maximum Gasteiger partial charge on any atom is 0.226 e. The smallest absolute Gasteiger partial charge is 0.226 e. The van der Waals surface area contributed by atoms with Gasteiger partial charge in [-0.2, -0.15) is 5.26 Å². The molecule has 0 amide bonds. The number of nitrogens with zero attached hydrogens (tertiary/aromatic N) is 4. The summed E-state index contributed by atoms with van der Waals surface area (Å²) in [6.45, 7) is 2.12. The average molecular weight is 243 g/mol. The van der Waals surface area contributed by atoms with E-state index < -0.39 is 0 Å². The number of nitrogens with one attached hydrogen (secondary N) is 1. The molecule has 2 saturated heterocycles. The molecule has 0 aliphatic carbocycles. The number of anilines is 1. The van der Waals surface area contributed by atoms with E-state index in [0.29, 0.717) is 23.7 Å². The molecule has 94 valence electrons. The molecule has 0 aromatic carbocycles. The van der Waals surface area contributed by atoms with Gasteiger partial charge in [0.15, 0.2) is 0 Å². The quantitative estimate of drug-likeness (QED) is 0.841. The highest BCUT2D eigenvalue weighted by atomic mass is 15.3. The van der Waals surface area contributed by atoms with Crippen LogP contribution in [0.2, 0.25) is 0 Å². The molecule has 1 aromatic heterocycles. The third-order valence-corrected chi connectivity index (χ3v) is 3.88. The Labute approximate surface area is 107 Å². The van der Waals surface area contributed by atoms with Gasteiger partial charge in [-0.1, -0.05) is 0 Å². The van der Waals surface area contributed by atoms with E-state index in [-0.39, 0.29) is 0 Å². The first kappa shape index (κ1) is 11.4. The Kier molecular flexibility index (Phi) is 3.11. The Morgan fingerprint density at radius 2 is 2.33 bits per heavy atom. The molecule has 2 aliphatic heterocycles. The molecule has 3 heterocycles. The lowest BCUT2D eigenvalue weighted by atomic mass is 10.0. The van der Waals surface area contributed by atoms with Gasteiger partial charge < -0.3 is 10.2 Å². The second-order valence-corrected chi connectivity index (χ2v) is 4.96. The highest BCUT2D eigenvalue weighted by Gasteiger charge is 2.34. The Balaban J connectivity index is 1.83. The molecule has 0 saturated carbocycles. The first-order valence-electron chi connectivity index (χ1n) is 6.61. The van der Waals surface area contributed by atoms with Crippen LogP contribution in [-0.2, 0) is 0 Å². The van der Waals surface area contributed by atoms with Crippen LogP contribution in [-0.4, -0.2) is 35.1 Å². The molecule has 5 heteroatoms. The monoisotopic (exact) mass is 243 g/mol. The summed E-state index contributed by atoms with van der Waals surface area (Å²) in [6.07, 6.45) is 6.55. The van der Waals surface area contributed by atoms with Gasteiger partial charge in [-0.25, -0.2) is 9.97 Å². The van der Waals surface area contributed by atoms with Crippen molar-refractivity contribution in [1.82, 2.24) is 15.3 Å². The standard InChI is InChI=1S/C13H17N5/c14-9-10-5-7-16-13(17-10)18-8-2-4-12(18)11-3-1-6-15-11/h5,7,11-12,15H,1-4,6,8H2. The number of nitriles is 1. The largest absolute Gasteiger partial charge is 0.336 e. The zero-order valence-electron chi connectivity index (χ0n) is 10.3. The molecule has 0 spiro atoms. The lowest BCUT2D eigenvalue weighted by Crippen LogP contribution is -2.44. The lowest BCUT2D eigenvalue weighted by Gasteiger charge is -2.29. The van der Waals surface area contributed by atoms with Crippen LogP contribution in [0.5, 0.6) is 0 Å². The van der Waals surface area contributed by atoms with Gasteiger partial charge in [0.25, 0.3) is 0 Å². The van der Waals surface area contributed by atoms with E-state index in [2.05, 4.69) is 26.3 Å². The Hall–Kier alpha value is -1.67. The van der Waals surface area contributed by atoms with Crippen molar-refractivity contribution >= 4 is 5.95 Å². The zero-order valence-corrected chi connectivity index (χ0v) is 10.3. The van der Waals surface area contributed by atoms with Crippen LogP contribution >= 0.6 is 0 Å². The highest BCUT2D eigenvalue weighted by Crippen LogP contribution is 2.27. The van der Waals surface area contributed by atoms with Crippen LogP contribution in [0, 0.1) is 11.3 Å². The minimum atomic E-state index is 0.449. The summed E-state index contributed by atoms with van der Waals surface area (Å²) in [4.78, 5) is 10.9. The fourth-order valence-electron chi connectivity index (χ4n) is 3.05. The van der Waals surface area contributed by atoms with Gasteiger partial charge in [-0.3, -0.25) is 0 Å². The second kappa shape index (κ2) is 4.91. The average Bonchev–Trinajstić information content (AvgIpc) is 3.09. The van der Waals surface area contributed by atoms with Gasteiger partial charge in [-0.05, 0) is 38.3 Å². The molecule has 3 rings (SSSR count). The maximum absolute atomic E-state index is 8.91. The van der Waals surface area contributed by atoms with Crippen molar-refractivity contribution in [3.05, 3.63) is 18.0 Å². The SMILES string of the molecule is N#Cc1ccnc(N2CCCC2C2CCCN2)n1. The van der Waals surface area contributed by atoms with Crippen LogP contribution in [0.1, 0.15) is 31.4 Å². The molecule has 0 radical (unpaired) electrons. The van der Waals surface area contributed by atoms with Crippen molar-refractivity contribution < 1.29 is 0 Å². The molecule has 18 heavy (non-hydrogen) atoms. The number of aromatic nitrogens is 2. The molecule has 0 bridgehead atoms. The van der Waals surface area contributed by atoms with Gasteiger partial charge in [0.1, 0.15) is 11.8 Å². The third-order valence-electron chi connectivity index (χ3n) is 3.88. The van der Waals surface area contributed by atoms with E-state index in [4.69, 9.17) is 5.26 Å². The molecule has 2 unspecified atom stereocenters. The van der Waals surface area contributed by atoms with Crippen molar-refractivity contribution in [3.8, 4) is 6.07 Å². The maximum atomic E-state index is 8.91. The molecular weight excluding hydrogens is 226 g/mol. The molecule has 1 aromatic rings. The minimum Gasteiger partial charge on any atom is -0.336 e. The molecule has 2 fully saturated rings. The summed E-state index contributed by atoms with van der Waals surface area (Å²) in [5.74, 6) is 0.713. The van der Waals surface area contributed by atoms with E-state index in [0.717, 1.165) is 13.1 Å². The second-order valence-electron chi connectivity index (χ2n) is 4.96. The highest BCUT2D eigenvalue weighted by molar-refractivity contribution is 5.37. The summed E-state index contributed by atoms with van der Waals surface area (Å²) < 4.78 is 0. The first-order chi connectivity index (χ1) is 8.88. The van der Waals surface area contributed by atoms with Crippen LogP contribution in [0.25, 0.3) is 0 Å². The first-order valence-corrected chi connectivity index (χ1v) is 6.61. The predicted molar refractivity (Wildman–Crippen MR) is 68.1 cm³/mol. The van der Waals surface area contributed by atoms with Gasteiger partial charge in [0, 0.05) is 24.8 Å². The fraction of sp³-hybridized carbons (Fsp3) is 0.615. The lowest BCUT2D eigenvalue weighted by molar-refractivity contribution is 0.478. The number of rotatable bonds is 2. The van der Waals surface area contributed by atoms with Crippen LogP contribution < -0.4 is 10.2 Å². The fourth-order valence-corrected chi connectivity index (χ4v) is 3.05. The van der Waals surface area contributed by atoms with Crippen LogP contribution in [0.4, 0.5) is 5.95 Å². The topological polar surface area (TPSA) is 64.8 Å². The van der Waals surface area contributed by atoms with E-state index in [1.807, 2.05) is 0 Å². The number of hydrogen-bond acceptors (Lipinski definition) is 5. The van der Waals surface area contributed by atoms with E-state index in [1.165, 1.54) is 25.7 Å². The molecular formula is C13H17N5. The van der Waals surface area contributed by atoms with Crippen LogP contribution in [0.15, 0.2) is 12.3 Å². The third kappa shape index (κ3) is 2.04. The van der Waals surface area contributed by atoms with Crippen molar-refractivity contribution in [3.63, 3.8) is 0 Å². The summed E-state index contributed by atoms with van der Waals surface area (Å²) in [7, 11) is 0. The Morgan fingerprint density at radius 3 is 3.11 bits per heavy atom. The minimum absolute atomic E-state index is 0.449. The summed E-state index contributed by atoms with van der Waals surface area (Å²) in [5, 5.41) is 12.5. The predicted octanol–water partition coefficient (Wildman–Crippen LogP) is 1.07.